The lowest BCUT2D eigenvalue weighted by molar-refractivity contribution is -0.116. The van der Waals surface area contributed by atoms with Crippen molar-refractivity contribution < 1.29 is 9.59 Å². The third kappa shape index (κ3) is 1.01. The molecule has 2 N–H and O–H groups in total. The molecule has 0 unspecified atom stereocenters. The highest BCUT2D eigenvalue weighted by molar-refractivity contribution is 5.85. The Hall–Kier alpha value is -1.46. The maximum atomic E-state index is 10.2. The summed E-state index contributed by atoms with van der Waals surface area (Å²) in [6, 6.07) is -0.760. The Morgan fingerprint density at radius 3 is 2.67 bits per heavy atom. The molecule has 0 saturated heterocycles. The molecule has 1 aliphatic heterocycles. The van der Waals surface area contributed by atoms with Gasteiger partial charge in [-0.05, 0) is 0 Å². The smallest absolute Gasteiger partial charge is 0.337 e. The maximum absolute atomic E-state index is 10.2. The van der Waals surface area contributed by atoms with E-state index >= 15 is 0 Å². The van der Waals surface area contributed by atoms with Crippen molar-refractivity contribution in [2.24, 2.45) is 16.1 Å². The lowest BCUT2D eigenvalue weighted by Gasteiger charge is -2.00. The van der Waals surface area contributed by atoms with Gasteiger partial charge in [-0.15, -0.1) is 0 Å². The van der Waals surface area contributed by atoms with E-state index in [2.05, 4.69) is 10.3 Å². The van der Waals surface area contributed by atoms with Gasteiger partial charge in [0.05, 0.1) is 0 Å². The summed E-state index contributed by atoms with van der Waals surface area (Å²) in [5.41, 5.74) is 4.74. The summed E-state index contributed by atoms with van der Waals surface area (Å²) in [5.74, 6) is -0.450. The summed E-state index contributed by atoms with van der Waals surface area (Å²) in [4.78, 5) is 20.4. The molecule has 0 atom stereocenters. The molecule has 0 radical (unpaired) electrons. The lowest BCUT2D eigenvalue weighted by Crippen LogP contribution is -2.30. The van der Waals surface area contributed by atoms with Crippen molar-refractivity contribution in [2.45, 2.75) is 0 Å². The van der Waals surface area contributed by atoms with Crippen molar-refractivity contribution in [1.82, 2.24) is 5.01 Å². The van der Waals surface area contributed by atoms with E-state index in [4.69, 9.17) is 5.73 Å². The first-order chi connectivity index (χ1) is 4.20. The Kier molecular flexibility index (Phi) is 1.14. The number of urea groups is 1. The van der Waals surface area contributed by atoms with Gasteiger partial charge in [-0.25, -0.2) is 4.79 Å². The number of hydrogen-bond acceptors (Lipinski definition) is 3. The molecular formula is C3H4N4O2. The van der Waals surface area contributed by atoms with Crippen molar-refractivity contribution in [1.29, 1.82) is 0 Å². The zero-order valence-electron chi connectivity index (χ0n) is 4.44. The van der Waals surface area contributed by atoms with Gasteiger partial charge in [0.15, 0.2) is 0 Å². The molecule has 0 spiro atoms. The second-order valence-corrected chi connectivity index (χ2v) is 1.48. The number of primary amides is 1. The van der Waals surface area contributed by atoms with E-state index in [0.717, 1.165) is 5.01 Å². The molecule has 9 heavy (non-hydrogen) atoms. The molecule has 1 heterocycles. The molecule has 0 bridgehead atoms. The van der Waals surface area contributed by atoms with E-state index in [9.17, 15) is 9.59 Å². The third-order valence-corrected chi connectivity index (χ3v) is 0.804. The van der Waals surface area contributed by atoms with Gasteiger partial charge in [-0.2, -0.15) is 5.01 Å². The van der Waals surface area contributed by atoms with Crippen LogP contribution in [0.15, 0.2) is 10.3 Å². The second-order valence-electron chi connectivity index (χ2n) is 1.48. The molecule has 0 fully saturated rings. The minimum atomic E-state index is -0.760. The maximum Gasteiger partial charge on any atom is 0.337 e. The molecule has 1 aliphatic rings. The number of carbonyl (C=O) groups excluding carboxylic acids is 2. The lowest BCUT2D eigenvalue weighted by atomic mass is 10.6. The molecule has 6 heteroatoms. The molecule has 0 aromatic carbocycles. The predicted octanol–water partition coefficient (Wildman–Crippen LogP) is -0.726. The molecule has 0 aliphatic carbocycles. The summed E-state index contributed by atoms with van der Waals surface area (Å²) in [5, 5.41) is 6.99. The highest BCUT2D eigenvalue weighted by Crippen LogP contribution is 1.99. The zero-order valence-corrected chi connectivity index (χ0v) is 4.44. The fraction of sp³-hybridized carbons (Fsp3) is 0.333. The van der Waals surface area contributed by atoms with E-state index in [1.54, 1.807) is 0 Å². The van der Waals surface area contributed by atoms with Crippen molar-refractivity contribution in [3.05, 3.63) is 0 Å². The van der Waals surface area contributed by atoms with Crippen LogP contribution in [0.3, 0.4) is 0 Å². The van der Waals surface area contributed by atoms with Crippen LogP contribution in [0, 0.1) is 0 Å². The topological polar surface area (TPSA) is 88.1 Å². The minimum Gasteiger partial charge on any atom is -0.350 e. The molecule has 0 saturated carbocycles. The van der Waals surface area contributed by atoms with Gasteiger partial charge >= 0.3 is 6.03 Å². The van der Waals surface area contributed by atoms with Crippen LogP contribution in [0.2, 0.25) is 0 Å². The molecule has 0 aromatic heterocycles. The van der Waals surface area contributed by atoms with Crippen LogP contribution < -0.4 is 5.73 Å². The van der Waals surface area contributed by atoms with Crippen LogP contribution in [0.4, 0.5) is 4.79 Å². The van der Waals surface area contributed by atoms with Crippen LogP contribution in [0.1, 0.15) is 0 Å². The van der Waals surface area contributed by atoms with E-state index in [1.807, 2.05) is 0 Å². The number of carbonyl (C=O) groups is 2. The van der Waals surface area contributed by atoms with E-state index in [-0.39, 0.29) is 6.54 Å². The van der Waals surface area contributed by atoms with Crippen LogP contribution in [-0.2, 0) is 4.79 Å². The molecule has 1 rings (SSSR count). The average molecular weight is 128 g/mol. The van der Waals surface area contributed by atoms with Gasteiger partial charge in [0.1, 0.15) is 6.54 Å². The van der Waals surface area contributed by atoms with Crippen molar-refractivity contribution >= 4 is 11.9 Å². The van der Waals surface area contributed by atoms with Gasteiger partial charge < -0.3 is 5.73 Å². The van der Waals surface area contributed by atoms with Crippen LogP contribution in [0.25, 0.3) is 0 Å². The zero-order chi connectivity index (χ0) is 6.85. The van der Waals surface area contributed by atoms with Crippen molar-refractivity contribution in [3.63, 3.8) is 0 Å². The first-order valence-corrected chi connectivity index (χ1v) is 2.21. The standard InChI is InChI=1S/C3H4N4O2/c4-3(9)7-1-2(8)5-6-7/h1H2,(H2,4,9). The number of nitrogens with two attached hydrogens (primary N) is 1. The van der Waals surface area contributed by atoms with E-state index in [1.165, 1.54) is 0 Å². The first-order valence-electron chi connectivity index (χ1n) is 2.21. The number of rotatable bonds is 0. The quantitative estimate of drug-likeness (QED) is 0.466. The SMILES string of the molecule is NC(=O)N1CC(=O)N=N1. The highest BCUT2D eigenvalue weighted by atomic mass is 16.2. The van der Waals surface area contributed by atoms with E-state index < -0.39 is 11.9 Å². The van der Waals surface area contributed by atoms with Crippen LogP contribution in [-0.4, -0.2) is 23.5 Å². The number of nitrogens with zero attached hydrogens (tertiary/aromatic N) is 3. The molecule has 6 nitrogen and oxygen atoms in total. The average Bonchev–Trinajstić information content (AvgIpc) is 2.14. The summed E-state index contributed by atoms with van der Waals surface area (Å²) >= 11 is 0. The monoisotopic (exact) mass is 128 g/mol. The van der Waals surface area contributed by atoms with Crippen LogP contribution >= 0.6 is 0 Å². The fourth-order valence-corrected chi connectivity index (χ4v) is 0.417. The normalized spacial score (nSPS) is 16.9. The highest BCUT2D eigenvalue weighted by Gasteiger charge is 2.18. The van der Waals surface area contributed by atoms with Crippen molar-refractivity contribution in [3.8, 4) is 0 Å². The Balaban J connectivity index is 2.60. The Morgan fingerprint density at radius 2 is 2.44 bits per heavy atom. The fourth-order valence-electron chi connectivity index (χ4n) is 0.417. The van der Waals surface area contributed by atoms with Gasteiger partial charge in [0.25, 0.3) is 5.91 Å². The minimum absolute atomic E-state index is 0.130. The summed E-state index contributed by atoms with van der Waals surface area (Å²) < 4.78 is 0. The van der Waals surface area contributed by atoms with Gasteiger partial charge in [0.2, 0.25) is 0 Å². The van der Waals surface area contributed by atoms with E-state index in [0.29, 0.717) is 0 Å². The molecule has 3 amide bonds. The molecule has 0 aromatic rings. The van der Waals surface area contributed by atoms with Gasteiger partial charge in [0, 0.05) is 0 Å². The Labute approximate surface area is 50.3 Å². The largest absolute Gasteiger partial charge is 0.350 e. The summed E-state index contributed by atoms with van der Waals surface area (Å²) in [6.45, 7) is -0.130. The van der Waals surface area contributed by atoms with Gasteiger partial charge in [-0.3, -0.25) is 4.79 Å². The van der Waals surface area contributed by atoms with Crippen LogP contribution in [0.5, 0.6) is 0 Å². The Morgan fingerprint density at radius 1 is 1.78 bits per heavy atom. The molecule has 48 valence electrons. The number of hydrogen-bond donors (Lipinski definition) is 1. The first kappa shape index (κ1) is 5.67. The Bertz CT molecular complexity index is 186. The predicted molar refractivity (Wildman–Crippen MR) is 26.2 cm³/mol. The number of amides is 3. The summed E-state index contributed by atoms with van der Waals surface area (Å²) in [6.07, 6.45) is 0. The summed E-state index contributed by atoms with van der Waals surface area (Å²) in [7, 11) is 0. The molecular weight excluding hydrogens is 124 g/mol. The van der Waals surface area contributed by atoms with Gasteiger partial charge in [-0.1, -0.05) is 10.3 Å². The van der Waals surface area contributed by atoms with Crippen molar-refractivity contribution in [2.75, 3.05) is 6.54 Å². The second kappa shape index (κ2) is 1.81. The third-order valence-electron chi connectivity index (χ3n) is 0.804.